The molecule has 6 nitrogen and oxygen atoms in total. The average molecular weight is 721 g/mol. The molecule has 0 aliphatic carbocycles. The number of carbonyl (C=O) groups is 2. The van der Waals surface area contributed by atoms with E-state index in [1.54, 1.807) is 54.9 Å². The van der Waals surface area contributed by atoms with E-state index in [1.807, 2.05) is 48.5 Å². The number of aliphatic imine (C=N–C) groups is 2. The molecule has 0 saturated carbocycles. The molecule has 5 rings (SSSR count). The molecule has 278 valence electrons. The molecule has 0 aromatic heterocycles. The van der Waals surface area contributed by atoms with Crippen LogP contribution in [0, 0.1) is 0 Å². The minimum absolute atomic E-state index is 0.270. The number of aryl methyl sites for hydroxylation is 2. The first-order chi connectivity index (χ1) is 26.5. The maximum atomic E-state index is 12.9. The molecule has 5 aromatic carbocycles. The summed E-state index contributed by atoms with van der Waals surface area (Å²) < 4.78 is 11.2. The lowest BCUT2D eigenvalue weighted by atomic mass is 10.1. The smallest absolute Gasteiger partial charge is 0.343 e. The van der Waals surface area contributed by atoms with E-state index in [0.717, 1.165) is 35.3 Å². The Kier molecular flexibility index (Phi) is 16.0. The Morgan fingerprint density at radius 2 is 0.870 bits per heavy atom. The van der Waals surface area contributed by atoms with Gasteiger partial charge in [0.25, 0.3) is 0 Å². The lowest BCUT2D eigenvalue weighted by Gasteiger charge is -2.08. The van der Waals surface area contributed by atoms with Crippen LogP contribution in [0.5, 0.6) is 11.5 Å². The molecular formula is C48H52N2O4. The summed E-state index contributed by atoms with van der Waals surface area (Å²) in [5.74, 6) is -0.490. The Morgan fingerprint density at radius 1 is 0.481 bits per heavy atom. The van der Waals surface area contributed by atoms with Crippen LogP contribution in [0.2, 0.25) is 0 Å². The van der Waals surface area contributed by atoms with Crippen molar-refractivity contribution in [3.05, 3.63) is 155 Å². The van der Waals surface area contributed by atoms with Crippen molar-refractivity contribution >= 4 is 35.7 Å². The molecule has 0 radical (unpaired) electrons. The van der Waals surface area contributed by atoms with Gasteiger partial charge in [0.2, 0.25) is 0 Å². The molecule has 0 fully saturated rings. The topological polar surface area (TPSA) is 77.3 Å². The molecule has 5 aromatic rings. The Hall–Kier alpha value is -5.62. The lowest BCUT2D eigenvalue weighted by molar-refractivity contribution is 0.0733. The summed E-state index contributed by atoms with van der Waals surface area (Å²) in [6.07, 6.45) is 18.5. The number of esters is 2. The normalized spacial score (nSPS) is 11.3. The van der Waals surface area contributed by atoms with Crippen LogP contribution in [0.4, 0.5) is 11.4 Å². The number of rotatable bonds is 20. The molecule has 0 atom stereocenters. The molecule has 0 aliphatic rings. The third kappa shape index (κ3) is 13.4. The summed E-state index contributed by atoms with van der Waals surface area (Å²) in [4.78, 5) is 35.0. The van der Waals surface area contributed by atoms with E-state index in [2.05, 4.69) is 48.1 Å². The van der Waals surface area contributed by atoms with Crippen molar-refractivity contribution in [2.75, 3.05) is 0 Å². The highest BCUT2D eigenvalue weighted by atomic mass is 16.5. The van der Waals surface area contributed by atoms with Gasteiger partial charge in [0.05, 0.1) is 22.5 Å². The summed E-state index contributed by atoms with van der Waals surface area (Å²) in [7, 11) is 0. The number of unbranched alkanes of at least 4 members (excludes halogenated alkanes) is 8. The molecular weight excluding hydrogens is 669 g/mol. The SMILES string of the molecule is CCCCCCCc1ccc(N=Cc2ccc(C(=O)Oc3cccc(OC(=O)c4ccc(C=Nc5ccc(CCCCCCC)cc5)cc4)c3)cc2)cc1. The lowest BCUT2D eigenvalue weighted by Crippen LogP contribution is -2.10. The van der Waals surface area contributed by atoms with Crippen LogP contribution < -0.4 is 9.47 Å². The summed E-state index contributed by atoms with van der Waals surface area (Å²) in [5.41, 5.74) is 6.97. The van der Waals surface area contributed by atoms with Crippen LogP contribution in [0.25, 0.3) is 0 Å². The van der Waals surface area contributed by atoms with Crippen LogP contribution in [0.3, 0.4) is 0 Å². The van der Waals surface area contributed by atoms with Gasteiger partial charge in [-0.2, -0.15) is 0 Å². The van der Waals surface area contributed by atoms with Gasteiger partial charge in [-0.25, -0.2) is 9.59 Å². The fraction of sp³-hybridized carbons (Fsp3) is 0.292. The van der Waals surface area contributed by atoms with Crippen molar-refractivity contribution < 1.29 is 19.1 Å². The van der Waals surface area contributed by atoms with Gasteiger partial charge in [0, 0.05) is 18.5 Å². The number of hydrogen-bond acceptors (Lipinski definition) is 6. The summed E-state index contributed by atoms with van der Waals surface area (Å²) in [5, 5.41) is 0. The van der Waals surface area contributed by atoms with Gasteiger partial charge in [0.15, 0.2) is 0 Å². The van der Waals surface area contributed by atoms with Crippen molar-refractivity contribution in [3.63, 3.8) is 0 Å². The Balaban J connectivity index is 1.07. The number of benzene rings is 5. The largest absolute Gasteiger partial charge is 0.423 e. The van der Waals surface area contributed by atoms with Crippen molar-refractivity contribution in [2.24, 2.45) is 9.98 Å². The highest BCUT2D eigenvalue weighted by Crippen LogP contribution is 2.23. The standard InChI is InChI=1S/C48H52N2O4/c1-3-5-7-9-11-14-37-22-30-43(31-23-37)49-35-39-18-26-41(27-19-39)47(51)53-45-16-13-17-46(34-45)54-48(52)42-28-20-40(21-29-42)36-50-44-32-24-38(25-33-44)15-12-10-8-6-4-2/h13,16-36H,3-12,14-15H2,1-2H3. The number of hydrogen-bond donors (Lipinski definition) is 0. The van der Waals surface area contributed by atoms with E-state index in [4.69, 9.17) is 9.47 Å². The molecule has 6 heteroatoms. The zero-order valence-electron chi connectivity index (χ0n) is 31.7. The summed E-state index contributed by atoms with van der Waals surface area (Å²) >= 11 is 0. The first-order valence-electron chi connectivity index (χ1n) is 19.5. The third-order valence-corrected chi connectivity index (χ3v) is 9.26. The average Bonchev–Trinajstić information content (AvgIpc) is 3.20. The first kappa shape index (κ1) is 39.6. The van der Waals surface area contributed by atoms with E-state index in [-0.39, 0.29) is 11.5 Å². The van der Waals surface area contributed by atoms with E-state index in [1.165, 1.54) is 81.4 Å². The zero-order valence-corrected chi connectivity index (χ0v) is 31.7. The molecule has 0 aliphatic heterocycles. The molecule has 0 bridgehead atoms. The van der Waals surface area contributed by atoms with Gasteiger partial charge in [-0.15, -0.1) is 0 Å². The monoisotopic (exact) mass is 720 g/mol. The first-order valence-corrected chi connectivity index (χ1v) is 19.5. The number of nitrogens with zero attached hydrogens (tertiary/aromatic N) is 2. The van der Waals surface area contributed by atoms with Crippen LogP contribution in [0.1, 0.15) is 121 Å². The Labute approximate surface area is 321 Å². The predicted molar refractivity (Wildman–Crippen MR) is 222 cm³/mol. The van der Waals surface area contributed by atoms with Crippen molar-refractivity contribution in [3.8, 4) is 11.5 Å². The van der Waals surface area contributed by atoms with Gasteiger partial charge in [-0.3, -0.25) is 9.98 Å². The molecule has 0 amide bonds. The van der Waals surface area contributed by atoms with Crippen LogP contribution in [-0.2, 0) is 12.8 Å². The second-order valence-electron chi connectivity index (χ2n) is 13.7. The fourth-order valence-corrected chi connectivity index (χ4v) is 6.00. The number of ether oxygens (including phenoxy) is 2. The quantitative estimate of drug-likeness (QED) is 0.0347. The number of carbonyl (C=O) groups excluding carboxylic acids is 2. The minimum Gasteiger partial charge on any atom is -0.423 e. The van der Waals surface area contributed by atoms with Crippen molar-refractivity contribution in [1.82, 2.24) is 0 Å². The second-order valence-corrected chi connectivity index (χ2v) is 13.7. The zero-order chi connectivity index (χ0) is 37.8. The van der Waals surface area contributed by atoms with Gasteiger partial charge >= 0.3 is 11.9 Å². The van der Waals surface area contributed by atoms with Crippen LogP contribution >= 0.6 is 0 Å². The van der Waals surface area contributed by atoms with Gasteiger partial charge in [0.1, 0.15) is 11.5 Å². The van der Waals surface area contributed by atoms with Gasteiger partial charge < -0.3 is 9.47 Å². The van der Waals surface area contributed by atoms with E-state index in [0.29, 0.717) is 11.1 Å². The summed E-state index contributed by atoms with van der Waals surface area (Å²) in [6.45, 7) is 4.47. The van der Waals surface area contributed by atoms with Crippen LogP contribution in [0.15, 0.2) is 131 Å². The Morgan fingerprint density at radius 3 is 1.26 bits per heavy atom. The maximum absolute atomic E-state index is 12.9. The summed E-state index contributed by atoms with van der Waals surface area (Å²) in [6, 6.07) is 37.4. The second kappa shape index (κ2) is 21.8. The minimum atomic E-state index is -0.516. The maximum Gasteiger partial charge on any atom is 0.343 e. The molecule has 54 heavy (non-hydrogen) atoms. The Bertz CT molecular complexity index is 1800. The van der Waals surface area contributed by atoms with E-state index >= 15 is 0 Å². The van der Waals surface area contributed by atoms with Crippen molar-refractivity contribution in [2.45, 2.75) is 90.9 Å². The third-order valence-electron chi connectivity index (χ3n) is 9.26. The molecule has 0 saturated heterocycles. The van der Waals surface area contributed by atoms with Gasteiger partial charge in [-0.05, 0) is 109 Å². The highest BCUT2D eigenvalue weighted by Gasteiger charge is 2.12. The van der Waals surface area contributed by atoms with E-state index < -0.39 is 11.9 Å². The fourth-order valence-electron chi connectivity index (χ4n) is 6.00. The molecule has 0 unspecified atom stereocenters. The van der Waals surface area contributed by atoms with Gasteiger partial charge in [-0.1, -0.05) is 120 Å². The van der Waals surface area contributed by atoms with E-state index in [9.17, 15) is 9.59 Å². The molecule has 0 N–H and O–H groups in total. The highest BCUT2D eigenvalue weighted by molar-refractivity contribution is 5.93. The molecule has 0 heterocycles. The molecule has 0 spiro atoms. The predicted octanol–water partition coefficient (Wildman–Crippen LogP) is 12.7. The van der Waals surface area contributed by atoms with Crippen LogP contribution in [-0.4, -0.2) is 24.4 Å². The van der Waals surface area contributed by atoms with Crippen molar-refractivity contribution in [1.29, 1.82) is 0 Å².